The smallest absolute Gasteiger partial charge is 0.135 e. The second kappa shape index (κ2) is 16.1. The first-order chi connectivity index (χ1) is 32.2. The van der Waals surface area contributed by atoms with Crippen molar-refractivity contribution in [1.29, 1.82) is 0 Å². The van der Waals surface area contributed by atoms with Crippen LogP contribution in [0.1, 0.15) is 23.8 Å². The first-order valence-electron chi connectivity index (χ1n) is 22.4. The third kappa shape index (κ3) is 6.86. The summed E-state index contributed by atoms with van der Waals surface area (Å²) in [6.45, 7) is 2.08. The molecule has 12 aromatic rings. The lowest BCUT2D eigenvalue weighted by atomic mass is 9.99. The van der Waals surface area contributed by atoms with E-state index in [0.29, 0.717) is 6.42 Å². The number of allylic oxidation sites excluding steroid dienone is 1. The van der Waals surface area contributed by atoms with Gasteiger partial charge in [0, 0.05) is 50.9 Å². The highest BCUT2D eigenvalue weighted by Gasteiger charge is 2.21. The van der Waals surface area contributed by atoms with E-state index in [1.807, 2.05) is 0 Å². The summed E-state index contributed by atoms with van der Waals surface area (Å²) in [5, 5.41) is 8.49. The van der Waals surface area contributed by atoms with Crippen LogP contribution in [0.4, 0.5) is 17.1 Å². The maximum Gasteiger partial charge on any atom is 0.135 e. The summed E-state index contributed by atoms with van der Waals surface area (Å²) in [7, 11) is 0. The van der Waals surface area contributed by atoms with Gasteiger partial charge in [0.25, 0.3) is 0 Å². The molecule has 0 aliphatic rings. The third-order valence-electron chi connectivity index (χ3n) is 12.9. The molecule has 12 rings (SSSR count). The minimum Gasteiger partial charge on any atom is -0.460 e. The molecule has 0 unspecified atom stereocenters. The summed E-state index contributed by atoms with van der Waals surface area (Å²) in [4.78, 5) is 2.41. The molecule has 2 heterocycles. The van der Waals surface area contributed by atoms with Crippen molar-refractivity contribution >= 4 is 77.5 Å². The summed E-state index contributed by atoms with van der Waals surface area (Å²) < 4.78 is 9.18. The molecule has 0 aliphatic carbocycles. The number of rotatable bonds is 9. The Hall–Kier alpha value is -8.40. The standard InChI is InChI=1S/C62H44N2O/c1-2-15-56-57-39-47-18-5-6-19-48(47)40-62(57)65-61(56)41-50-20-7-10-27-58(50)63(52-23-14-22-46(38-52)49-31-30-42-16-3-4-17-44(42)36-49)51-34-32-43(33-35-51)45-21-13-24-53(37-45)64-59-28-11-8-25-54(59)55-26-9-12-29-60(55)64/h2-40H,41H2,1H3/b15-2-. The Bertz CT molecular complexity index is 3720. The number of anilines is 3. The van der Waals surface area contributed by atoms with Crippen LogP contribution < -0.4 is 4.90 Å². The lowest BCUT2D eigenvalue weighted by Gasteiger charge is -2.28. The van der Waals surface area contributed by atoms with E-state index in [1.54, 1.807) is 0 Å². The van der Waals surface area contributed by atoms with Crippen molar-refractivity contribution in [3.8, 4) is 27.9 Å². The molecule has 0 amide bonds. The van der Waals surface area contributed by atoms with Gasteiger partial charge in [0.05, 0.1) is 11.0 Å². The number of furan rings is 1. The van der Waals surface area contributed by atoms with Gasteiger partial charge in [0.15, 0.2) is 0 Å². The third-order valence-corrected chi connectivity index (χ3v) is 12.9. The fourth-order valence-electron chi connectivity index (χ4n) is 9.83. The highest BCUT2D eigenvalue weighted by molar-refractivity contribution is 6.09. The molecule has 2 aromatic heterocycles. The van der Waals surface area contributed by atoms with Crippen molar-refractivity contribution in [1.82, 2.24) is 4.57 Å². The average Bonchev–Trinajstić information content (AvgIpc) is 3.88. The zero-order valence-electron chi connectivity index (χ0n) is 36.0. The number of hydrogen-bond donors (Lipinski definition) is 0. The van der Waals surface area contributed by atoms with Gasteiger partial charge in [-0.2, -0.15) is 0 Å². The molecule has 3 heteroatoms. The van der Waals surface area contributed by atoms with Gasteiger partial charge in [0.2, 0.25) is 0 Å². The minimum absolute atomic E-state index is 0.620. The Morgan fingerprint density at radius 1 is 0.446 bits per heavy atom. The molecule has 65 heavy (non-hydrogen) atoms. The van der Waals surface area contributed by atoms with Gasteiger partial charge in [0.1, 0.15) is 11.3 Å². The van der Waals surface area contributed by atoms with E-state index in [0.717, 1.165) is 61.7 Å². The fourth-order valence-corrected chi connectivity index (χ4v) is 9.83. The van der Waals surface area contributed by atoms with Crippen LogP contribution in [0.5, 0.6) is 0 Å². The number of para-hydroxylation sites is 3. The molecular formula is C62H44N2O. The molecule has 0 spiro atoms. The average molecular weight is 833 g/mol. The van der Waals surface area contributed by atoms with Crippen molar-refractivity contribution in [2.75, 3.05) is 4.90 Å². The number of aromatic nitrogens is 1. The molecule has 0 fully saturated rings. The summed E-state index contributed by atoms with van der Waals surface area (Å²) in [5.74, 6) is 0.948. The molecule has 0 N–H and O–H groups in total. The van der Waals surface area contributed by atoms with E-state index in [1.165, 1.54) is 54.5 Å². The van der Waals surface area contributed by atoms with Crippen LogP contribution in [0.2, 0.25) is 0 Å². The Morgan fingerprint density at radius 3 is 1.80 bits per heavy atom. The van der Waals surface area contributed by atoms with Crippen molar-refractivity contribution in [3.05, 3.63) is 247 Å². The number of hydrogen-bond acceptors (Lipinski definition) is 2. The second-order valence-corrected chi connectivity index (χ2v) is 16.9. The topological polar surface area (TPSA) is 21.3 Å². The highest BCUT2D eigenvalue weighted by Crippen LogP contribution is 2.42. The molecule has 0 bridgehead atoms. The van der Waals surface area contributed by atoms with E-state index in [-0.39, 0.29) is 0 Å². The van der Waals surface area contributed by atoms with E-state index in [2.05, 4.69) is 253 Å². The van der Waals surface area contributed by atoms with E-state index < -0.39 is 0 Å². The van der Waals surface area contributed by atoms with Crippen LogP contribution in [-0.4, -0.2) is 4.57 Å². The Morgan fingerprint density at radius 2 is 1.05 bits per heavy atom. The van der Waals surface area contributed by atoms with Crippen molar-refractivity contribution in [2.45, 2.75) is 13.3 Å². The minimum atomic E-state index is 0.620. The maximum absolute atomic E-state index is 6.80. The van der Waals surface area contributed by atoms with Gasteiger partial charge in [-0.15, -0.1) is 0 Å². The van der Waals surface area contributed by atoms with Crippen LogP contribution >= 0.6 is 0 Å². The lowest BCUT2D eigenvalue weighted by molar-refractivity contribution is 0.562. The molecule has 10 aromatic carbocycles. The predicted octanol–water partition coefficient (Wildman–Crippen LogP) is 17.3. The molecule has 0 atom stereocenters. The predicted molar refractivity (Wildman–Crippen MR) is 275 cm³/mol. The summed E-state index contributed by atoms with van der Waals surface area (Å²) in [6.07, 6.45) is 4.92. The molecule has 3 nitrogen and oxygen atoms in total. The summed E-state index contributed by atoms with van der Waals surface area (Å²) in [5.41, 5.74) is 14.7. The Labute approximate surface area is 378 Å². The largest absolute Gasteiger partial charge is 0.460 e. The van der Waals surface area contributed by atoms with Gasteiger partial charge >= 0.3 is 0 Å². The van der Waals surface area contributed by atoms with Crippen LogP contribution in [0, 0.1) is 0 Å². The first kappa shape index (κ1) is 38.3. The maximum atomic E-state index is 6.80. The summed E-state index contributed by atoms with van der Waals surface area (Å²) >= 11 is 0. The molecular weight excluding hydrogens is 789 g/mol. The van der Waals surface area contributed by atoms with Crippen LogP contribution in [0.3, 0.4) is 0 Å². The molecule has 0 saturated heterocycles. The fraction of sp³-hybridized carbons (Fsp3) is 0.0323. The van der Waals surface area contributed by atoms with E-state index >= 15 is 0 Å². The SMILES string of the molecule is C/C=C\c1c(Cc2ccccc2N(c2ccc(-c3cccc(-n4c5ccccc5c5ccccc54)c3)cc2)c2cccc(-c3ccc4ccccc4c3)c2)oc2cc3ccccc3cc12. The van der Waals surface area contributed by atoms with Crippen LogP contribution in [0.15, 0.2) is 235 Å². The second-order valence-electron chi connectivity index (χ2n) is 16.9. The number of fused-ring (bicyclic) bond motifs is 6. The zero-order chi connectivity index (χ0) is 43.3. The molecule has 0 radical (unpaired) electrons. The van der Waals surface area contributed by atoms with Crippen molar-refractivity contribution in [2.24, 2.45) is 0 Å². The van der Waals surface area contributed by atoms with E-state index in [9.17, 15) is 0 Å². The molecule has 0 saturated carbocycles. The van der Waals surface area contributed by atoms with Gasteiger partial charge in [-0.3, -0.25) is 0 Å². The number of benzene rings is 10. The van der Waals surface area contributed by atoms with Crippen molar-refractivity contribution < 1.29 is 4.42 Å². The lowest BCUT2D eigenvalue weighted by Crippen LogP contribution is -2.12. The molecule has 308 valence electrons. The summed E-state index contributed by atoms with van der Waals surface area (Å²) in [6, 6.07) is 81.3. The van der Waals surface area contributed by atoms with Gasteiger partial charge in [-0.1, -0.05) is 164 Å². The van der Waals surface area contributed by atoms with Crippen LogP contribution in [-0.2, 0) is 6.42 Å². The molecule has 0 aliphatic heterocycles. The first-order valence-corrected chi connectivity index (χ1v) is 22.4. The normalized spacial score (nSPS) is 11.8. The zero-order valence-corrected chi connectivity index (χ0v) is 36.0. The quantitative estimate of drug-likeness (QED) is 0.144. The highest BCUT2D eigenvalue weighted by atomic mass is 16.3. The van der Waals surface area contributed by atoms with Crippen molar-refractivity contribution in [3.63, 3.8) is 0 Å². The van der Waals surface area contributed by atoms with Crippen LogP contribution in [0.25, 0.3) is 88.3 Å². The Kier molecular flexibility index (Phi) is 9.46. The monoisotopic (exact) mass is 832 g/mol. The number of nitrogens with zero attached hydrogens (tertiary/aromatic N) is 2. The van der Waals surface area contributed by atoms with Gasteiger partial charge in [-0.05, 0) is 129 Å². The van der Waals surface area contributed by atoms with Gasteiger partial charge < -0.3 is 13.9 Å². The Balaban J connectivity index is 0.974. The van der Waals surface area contributed by atoms with E-state index in [4.69, 9.17) is 4.42 Å². The van der Waals surface area contributed by atoms with Gasteiger partial charge in [-0.25, -0.2) is 0 Å².